The highest BCUT2D eigenvalue weighted by Gasteiger charge is 1.91. The third-order valence-corrected chi connectivity index (χ3v) is 1.43. The fraction of sp³-hybridized carbons (Fsp3) is 0.111. The highest BCUT2D eigenvalue weighted by molar-refractivity contribution is 9.09. The van der Waals surface area contributed by atoms with Gasteiger partial charge in [-0.1, -0.05) is 27.9 Å². The summed E-state index contributed by atoms with van der Waals surface area (Å²) in [5.41, 5.74) is 1.03. The van der Waals surface area contributed by atoms with Crippen molar-refractivity contribution in [1.82, 2.24) is 4.98 Å². The smallest absolute Gasteiger partial charge is 0.141 e. The first-order valence-corrected chi connectivity index (χ1v) is 4.41. The van der Waals surface area contributed by atoms with E-state index in [1.165, 1.54) is 0 Å². The second-order valence-corrected chi connectivity index (χ2v) is 2.52. The Morgan fingerprint density at radius 3 is 2.83 bits per heavy atom. The Balaban J connectivity index is 2.96. The number of aromatic nitrogens is 1. The van der Waals surface area contributed by atoms with E-state index in [9.17, 15) is 0 Å². The van der Waals surface area contributed by atoms with E-state index in [1.807, 2.05) is 6.07 Å². The summed E-state index contributed by atoms with van der Waals surface area (Å²) >= 11 is 3.18. The fourth-order valence-corrected chi connectivity index (χ4v) is 0.831. The first-order valence-electron chi connectivity index (χ1n) is 3.29. The maximum absolute atomic E-state index is 8.52. The summed E-state index contributed by atoms with van der Waals surface area (Å²) in [6, 6.07) is 7.15. The van der Waals surface area contributed by atoms with E-state index in [1.54, 1.807) is 18.2 Å². The lowest BCUT2D eigenvalue weighted by molar-refractivity contribution is 1.23. The van der Waals surface area contributed by atoms with Crippen LogP contribution in [-0.4, -0.2) is 10.3 Å². The third-order valence-electron chi connectivity index (χ3n) is 1.15. The molecule has 0 amide bonds. The molecule has 1 heterocycles. The van der Waals surface area contributed by atoms with Crippen LogP contribution in [0.15, 0.2) is 18.2 Å². The minimum Gasteiger partial charge on any atom is -0.229 e. The molecule has 0 unspecified atom stereocenters. The molecule has 58 valence electrons. The van der Waals surface area contributed by atoms with Gasteiger partial charge in [-0.3, -0.25) is 0 Å². The van der Waals surface area contributed by atoms with Gasteiger partial charge in [-0.2, -0.15) is 5.26 Å². The Hall–Kier alpha value is -1.32. The highest BCUT2D eigenvalue weighted by atomic mass is 79.9. The van der Waals surface area contributed by atoms with Gasteiger partial charge >= 0.3 is 0 Å². The molecule has 0 saturated heterocycles. The molecule has 2 nitrogen and oxygen atoms in total. The van der Waals surface area contributed by atoms with E-state index in [0.717, 1.165) is 0 Å². The molecule has 1 rings (SSSR count). The van der Waals surface area contributed by atoms with Gasteiger partial charge in [0, 0.05) is 0 Å². The number of rotatable bonds is 0. The van der Waals surface area contributed by atoms with E-state index in [-0.39, 0.29) is 0 Å². The van der Waals surface area contributed by atoms with Crippen LogP contribution in [0.3, 0.4) is 0 Å². The lowest BCUT2D eigenvalue weighted by Gasteiger charge is -1.88. The average Bonchev–Trinajstić information content (AvgIpc) is 2.15. The number of hydrogen-bond donors (Lipinski definition) is 0. The second kappa shape index (κ2) is 4.54. The Bertz CT molecular complexity index is 368. The zero-order valence-corrected chi connectivity index (χ0v) is 7.80. The molecule has 0 radical (unpaired) electrons. The molecule has 0 aliphatic heterocycles. The molecule has 12 heavy (non-hydrogen) atoms. The van der Waals surface area contributed by atoms with Crippen molar-refractivity contribution in [1.29, 1.82) is 5.26 Å². The van der Waals surface area contributed by atoms with Crippen LogP contribution in [0.5, 0.6) is 0 Å². The predicted molar refractivity (Wildman–Crippen MR) is 49.6 cm³/mol. The molecular formula is C9H5BrN2. The molecule has 0 atom stereocenters. The summed E-state index contributed by atoms with van der Waals surface area (Å²) in [7, 11) is 0. The van der Waals surface area contributed by atoms with Crippen molar-refractivity contribution in [3.05, 3.63) is 29.6 Å². The zero-order valence-electron chi connectivity index (χ0n) is 6.21. The summed E-state index contributed by atoms with van der Waals surface area (Å²) in [6.07, 6.45) is 0. The van der Waals surface area contributed by atoms with E-state index >= 15 is 0 Å². The van der Waals surface area contributed by atoms with Crippen molar-refractivity contribution in [2.75, 3.05) is 5.33 Å². The van der Waals surface area contributed by atoms with Crippen LogP contribution in [0.2, 0.25) is 0 Å². The zero-order chi connectivity index (χ0) is 8.81. The lowest BCUT2D eigenvalue weighted by Crippen LogP contribution is -1.85. The van der Waals surface area contributed by atoms with Gasteiger partial charge < -0.3 is 0 Å². The van der Waals surface area contributed by atoms with Gasteiger partial charge in [0.1, 0.15) is 17.5 Å². The first kappa shape index (κ1) is 8.77. The van der Waals surface area contributed by atoms with Gasteiger partial charge in [-0.25, -0.2) is 4.98 Å². The molecular weight excluding hydrogens is 216 g/mol. The summed E-state index contributed by atoms with van der Waals surface area (Å²) in [6.45, 7) is 0. The Kier molecular flexibility index (Phi) is 3.32. The largest absolute Gasteiger partial charge is 0.229 e. The predicted octanol–water partition coefficient (Wildman–Crippen LogP) is 1.70. The second-order valence-electron chi connectivity index (χ2n) is 1.96. The molecule has 0 N–H and O–H groups in total. The maximum Gasteiger partial charge on any atom is 0.141 e. The Morgan fingerprint density at radius 1 is 1.42 bits per heavy atom. The van der Waals surface area contributed by atoms with Gasteiger partial charge in [0.05, 0.1) is 5.33 Å². The van der Waals surface area contributed by atoms with Gasteiger partial charge in [-0.15, -0.1) is 0 Å². The van der Waals surface area contributed by atoms with Crippen LogP contribution < -0.4 is 0 Å². The topological polar surface area (TPSA) is 36.7 Å². The van der Waals surface area contributed by atoms with Crippen LogP contribution in [-0.2, 0) is 0 Å². The van der Waals surface area contributed by atoms with Crippen molar-refractivity contribution in [3.63, 3.8) is 0 Å². The third kappa shape index (κ3) is 2.38. The van der Waals surface area contributed by atoms with Gasteiger partial charge in [0.25, 0.3) is 0 Å². The van der Waals surface area contributed by atoms with E-state index in [0.29, 0.717) is 16.7 Å². The van der Waals surface area contributed by atoms with Crippen LogP contribution >= 0.6 is 15.9 Å². The lowest BCUT2D eigenvalue weighted by atomic mass is 10.3. The SMILES string of the molecule is N#Cc1cccc(C#CCBr)n1. The molecule has 3 heteroatoms. The molecule has 0 spiro atoms. The number of nitrogens with zero attached hydrogens (tertiary/aromatic N) is 2. The molecule has 0 saturated carbocycles. The number of nitriles is 1. The molecule has 0 aliphatic carbocycles. The average molecular weight is 221 g/mol. The van der Waals surface area contributed by atoms with Crippen molar-refractivity contribution < 1.29 is 0 Å². The van der Waals surface area contributed by atoms with E-state index in [4.69, 9.17) is 5.26 Å². The maximum atomic E-state index is 8.52. The van der Waals surface area contributed by atoms with Crippen molar-refractivity contribution in [2.24, 2.45) is 0 Å². The minimum absolute atomic E-state index is 0.399. The number of hydrogen-bond acceptors (Lipinski definition) is 2. The van der Waals surface area contributed by atoms with Gasteiger partial charge in [-0.05, 0) is 18.1 Å². The standard InChI is InChI=1S/C9H5BrN2/c10-6-2-5-8-3-1-4-9(7-11)12-8/h1,3-4H,6H2. The summed E-state index contributed by atoms with van der Waals surface area (Å²) in [5, 5.41) is 9.13. The summed E-state index contributed by atoms with van der Waals surface area (Å²) in [4.78, 5) is 3.97. The van der Waals surface area contributed by atoms with Crippen molar-refractivity contribution >= 4 is 15.9 Å². The fourth-order valence-electron chi connectivity index (χ4n) is 0.691. The van der Waals surface area contributed by atoms with Gasteiger partial charge in [0.2, 0.25) is 0 Å². The number of halogens is 1. The van der Waals surface area contributed by atoms with E-state index < -0.39 is 0 Å². The molecule has 1 aromatic rings. The monoisotopic (exact) mass is 220 g/mol. The molecule has 0 aliphatic rings. The number of alkyl halides is 1. The summed E-state index contributed by atoms with van der Waals surface area (Å²) in [5.74, 6) is 5.62. The Morgan fingerprint density at radius 2 is 2.17 bits per heavy atom. The van der Waals surface area contributed by atoms with Crippen LogP contribution in [0, 0.1) is 23.2 Å². The summed E-state index contributed by atoms with van der Waals surface area (Å²) < 4.78 is 0. The van der Waals surface area contributed by atoms with Crippen LogP contribution in [0.4, 0.5) is 0 Å². The molecule has 0 aromatic carbocycles. The van der Waals surface area contributed by atoms with Crippen molar-refractivity contribution in [3.8, 4) is 17.9 Å². The van der Waals surface area contributed by atoms with Crippen LogP contribution in [0.1, 0.15) is 11.4 Å². The first-order chi connectivity index (χ1) is 5.86. The normalized spacial score (nSPS) is 8.00. The van der Waals surface area contributed by atoms with Gasteiger partial charge in [0.15, 0.2) is 0 Å². The molecule has 1 aromatic heterocycles. The minimum atomic E-state index is 0.399. The highest BCUT2D eigenvalue weighted by Crippen LogP contribution is 1.95. The molecule has 0 fully saturated rings. The van der Waals surface area contributed by atoms with E-state index in [2.05, 4.69) is 32.8 Å². The van der Waals surface area contributed by atoms with Crippen molar-refractivity contribution in [2.45, 2.75) is 0 Å². The number of pyridine rings is 1. The Labute approximate surface area is 79.4 Å². The molecule has 0 bridgehead atoms. The quantitative estimate of drug-likeness (QED) is 0.493. The van der Waals surface area contributed by atoms with Crippen LogP contribution in [0.25, 0.3) is 0 Å².